The molecular weight excluding hydrogens is 277 g/mol. The first-order valence-electron chi connectivity index (χ1n) is 5.60. The first-order valence-corrected chi connectivity index (χ1v) is 5.60. The molecule has 8 heteroatoms. The second kappa shape index (κ2) is 5.32. The average Bonchev–Trinajstić information content (AvgIpc) is 2.88. The van der Waals surface area contributed by atoms with Gasteiger partial charge in [0.2, 0.25) is 0 Å². The molecule has 0 unspecified atom stereocenters. The van der Waals surface area contributed by atoms with E-state index in [1.165, 1.54) is 12.1 Å². The van der Waals surface area contributed by atoms with Crippen molar-refractivity contribution in [2.45, 2.75) is 13.1 Å². The molecule has 1 aromatic heterocycles. The molecule has 0 aliphatic heterocycles. The summed E-state index contributed by atoms with van der Waals surface area (Å²) < 4.78 is 46.7. The number of aromatic nitrogens is 2. The van der Waals surface area contributed by atoms with E-state index in [0.29, 0.717) is 0 Å². The molecule has 1 heterocycles. The van der Waals surface area contributed by atoms with Crippen LogP contribution < -0.4 is 0 Å². The monoisotopic (exact) mass is 286 g/mol. The molecule has 0 atom stereocenters. The molecule has 0 fully saturated rings. The standard InChI is InChI=1S/C12H9F3N2O3/c1-2-19-11(18)9-16-10(20-17-9)7-3-5-8(6-4-7)12(13,14)15/h3-6H,2H2,1H3. The van der Waals surface area contributed by atoms with E-state index in [4.69, 9.17) is 4.52 Å². The van der Waals surface area contributed by atoms with Gasteiger partial charge in [-0.3, -0.25) is 0 Å². The minimum Gasteiger partial charge on any atom is -0.460 e. The van der Waals surface area contributed by atoms with E-state index < -0.39 is 17.7 Å². The Balaban J connectivity index is 2.22. The second-order valence-electron chi connectivity index (χ2n) is 3.72. The fraction of sp³-hybridized carbons (Fsp3) is 0.250. The Hall–Kier alpha value is -2.38. The summed E-state index contributed by atoms with van der Waals surface area (Å²) in [7, 11) is 0. The van der Waals surface area contributed by atoms with Crippen LogP contribution in [-0.4, -0.2) is 22.7 Å². The summed E-state index contributed by atoms with van der Waals surface area (Å²) >= 11 is 0. The maximum atomic E-state index is 12.4. The Labute approximate surface area is 111 Å². The third-order valence-corrected chi connectivity index (χ3v) is 2.34. The van der Waals surface area contributed by atoms with Crippen LogP contribution in [-0.2, 0) is 10.9 Å². The molecule has 0 amide bonds. The lowest BCUT2D eigenvalue weighted by Gasteiger charge is -2.05. The van der Waals surface area contributed by atoms with Gasteiger partial charge >= 0.3 is 12.1 Å². The number of carbonyl (C=O) groups excluding carboxylic acids is 1. The molecular formula is C12H9F3N2O3. The van der Waals surface area contributed by atoms with Crippen molar-refractivity contribution < 1.29 is 27.2 Å². The summed E-state index contributed by atoms with van der Waals surface area (Å²) in [6, 6.07) is 4.16. The van der Waals surface area contributed by atoms with Gasteiger partial charge in [0.25, 0.3) is 11.7 Å². The highest BCUT2D eigenvalue weighted by atomic mass is 19.4. The van der Waals surface area contributed by atoms with Gasteiger partial charge in [-0.25, -0.2) is 4.79 Å². The average molecular weight is 286 g/mol. The quantitative estimate of drug-likeness (QED) is 0.812. The lowest BCUT2D eigenvalue weighted by molar-refractivity contribution is -0.137. The Morgan fingerprint density at radius 3 is 2.50 bits per heavy atom. The number of hydrogen-bond acceptors (Lipinski definition) is 5. The SMILES string of the molecule is CCOC(=O)c1noc(-c2ccc(C(F)(F)F)cc2)n1. The second-order valence-corrected chi connectivity index (χ2v) is 3.72. The van der Waals surface area contributed by atoms with Crippen molar-refractivity contribution in [1.29, 1.82) is 0 Å². The van der Waals surface area contributed by atoms with Gasteiger partial charge in [-0.15, -0.1) is 0 Å². The summed E-state index contributed by atoms with van der Waals surface area (Å²) in [6.07, 6.45) is -4.41. The number of hydrogen-bond donors (Lipinski definition) is 0. The molecule has 5 nitrogen and oxygen atoms in total. The van der Waals surface area contributed by atoms with Gasteiger partial charge in [0.15, 0.2) is 0 Å². The number of carbonyl (C=O) groups is 1. The lowest BCUT2D eigenvalue weighted by Crippen LogP contribution is -2.06. The Morgan fingerprint density at radius 2 is 1.95 bits per heavy atom. The zero-order valence-corrected chi connectivity index (χ0v) is 10.3. The van der Waals surface area contributed by atoms with E-state index >= 15 is 0 Å². The molecule has 2 aromatic rings. The van der Waals surface area contributed by atoms with Gasteiger partial charge in [-0.05, 0) is 36.3 Å². The topological polar surface area (TPSA) is 65.2 Å². The van der Waals surface area contributed by atoms with Gasteiger partial charge in [-0.1, -0.05) is 0 Å². The first kappa shape index (κ1) is 14.0. The largest absolute Gasteiger partial charge is 0.460 e. The normalized spacial score (nSPS) is 11.4. The summed E-state index contributed by atoms with van der Waals surface area (Å²) in [4.78, 5) is 15.1. The van der Waals surface area contributed by atoms with Crippen LogP contribution >= 0.6 is 0 Å². The third kappa shape index (κ3) is 2.95. The third-order valence-electron chi connectivity index (χ3n) is 2.34. The van der Waals surface area contributed by atoms with Crippen molar-refractivity contribution in [1.82, 2.24) is 10.1 Å². The van der Waals surface area contributed by atoms with E-state index in [-0.39, 0.29) is 23.9 Å². The van der Waals surface area contributed by atoms with Crippen LogP contribution in [0.1, 0.15) is 23.1 Å². The number of ether oxygens (including phenoxy) is 1. The van der Waals surface area contributed by atoms with Crippen LogP contribution in [0.3, 0.4) is 0 Å². The smallest absolute Gasteiger partial charge is 0.416 e. The van der Waals surface area contributed by atoms with E-state index in [9.17, 15) is 18.0 Å². The van der Waals surface area contributed by atoms with Gasteiger partial charge in [0.05, 0.1) is 12.2 Å². The highest BCUT2D eigenvalue weighted by Gasteiger charge is 2.30. The van der Waals surface area contributed by atoms with Crippen molar-refractivity contribution >= 4 is 5.97 Å². The number of esters is 1. The Bertz CT molecular complexity index is 605. The fourth-order valence-corrected chi connectivity index (χ4v) is 1.42. The minimum absolute atomic E-state index is 0.0539. The molecule has 20 heavy (non-hydrogen) atoms. The number of rotatable bonds is 3. The van der Waals surface area contributed by atoms with Crippen molar-refractivity contribution in [2.24, 2.45) is 0 Å². The highest BCUT2D eigenvalue weighted by molar-refractivity contribution is 5.85. The summed E-state index contributed by atoms with van der Waals surface area (Å²) in [5.74, 6) is -1.09. The van der Waals surface area contributed by atoms with Crippen molar-refractivity contribution in [3.8, 4) is 11.5 Å². The molecule has 0 bridgehead atoms. The summed E-state index contributed by atoms with van der Waals surface area (Å²) in [5, 5.41) is 3.40. The molecule has 1 aromatic carbocycles. The zero-order valence-electron chi connectivity index (χ0n) is 10.3. The highest BCUT2D eigenvalue weighted by Crippen LogP contribution is 2.30. The van der Waals surface area contributed by atoms with Gasteiger partial charge in [0, 0.05) is 5.56 Å². The maximum absolute atomic E-state index is 12.4. The van der Waals surface area contributed by atoms with Crippen LogP contribution in [0.4, 0.5) is 13.2 Å². The van der Waals surface area contributed by atoms with Crippen LogP contribution in [0.2, 0.25) is 0 Å². The van der Waals surface area contributed by atoms with Crippen LogP contribution in [0, 0.1) is 0 Å². The number of halogens is 3. The predicted octanol–water partition coefficient (Wildman–Crippen LogP) is 2.93. The van der Waals surface area contributed by atoms with E-state index in [0.717, 1.165) is 12.1 Å². The lowest BCUT2D eigenvalue weighted by atomic mass is 10.1. The predicted molar refractivity (Wildman–Crippen MR) is 60.7 cm³/mol. The molecule has 0 N–H and O–H groups in total. The van der Waals surface area contributed by atoms with E-state index in [1.54, 1.807) is 6.92 Å². The van der Waals surface area contributed by atoms with Crippen LogP contribution in [0.5, 0.6) is 0 Å². The molecule has 2 rings (SSSR count). The van der Waals surface area contributed by atoms with E-state index in [2.05, 4.69) is 14.9 Å². The van der Waals surface area contributed by atoms with Crippen molar-refractivity contribution in [2.75, 3.05) is 6.61 Å². The van der Waals surface area contributed by atoms with Gasteiger partial charge < -0.3 is 9.26 Å². The molecule has 0 spiro atoms. The van der Waals surface area contributed by atoms with Crippen molar-refractivity contribution in [3.63, 3.8) is 0 Å². The molecule has 0 radical (unpaired) electrons. The fourth-order valence-electron chi connectivity index (χ4n) is 1.42. The molecule has 0 saturated heterocycles. The number of benzene rings is 1. The Morgan fingerprint density at radius 1 is 1.30 bits per heavy atom. The molecule has 0 saturated carbocycles. The number of alkyl halides is 3. The first-order chi connectivity index (χ1) is 9.41. The van der Waals surface area contributed by atoms with Gasteiger partial charge in [0.1, 0.15) is 0 Å². The maximum Gasteiger partial charge on any atom is 0.416 e. The minimum atomic E-state index is -4.41. The van der Waals surface area contributed by atoms with E-state index in [1.807, 2.05) is 0 Å². The Kier molecular flexibility index (Phi) is 3.73. The zero-order chi connectivity index (χ0) is 14.8. The van der Waals surface area contributed by atoms with Crippen LogP contribution in [0.25, 0.3) is 11.5 Å². The molecule has 0 aliphatic rings. The molecule has 0 aliphatic carbocycles. The molecule has 106 valence electrons. The number of nitrogens with zero attached hydrogens (tertiary/aromatic N) is 2. The van der Waals surface area contributed by atoms with Gasteiger partial charge in [-0.2, -0.15) is 18.2 Å². The summed E-state index contributed by atoms with van der Waals surface area (Å²) in [6.45, 7) is 1.78. The summed E-state index contributed by atoms with van der Waals surface area (Å²) in [5.41, 5.74) is -0.507. The van der Waals surface area contributed by atoms with Crippen LogP contribution in [0.15, 0.2) is 28.8 Å². The van der Waals surface area contributed by atoms with Crippen molar-refractivity contribution in [3.05, 3.63) is 35.7 Å².